The number of aromatic nitrogens is 4. The molecule has 0 amide bonds. The molecule has 5 nitrogen and oxygen atoms in total. The lowest BCUT2D eigenvalue weighted by molar-refractivity contribution is 0.671. The predicted molar refractivity (Wildman–Crippen MR) is 203 cm³/mol. The predicted octanol–water partition coefficient (Wildman–Crippen LogP) is 11.5. The molecule has 0 atom stereocenters. The minimum Gasteiger partial charge on any atom is -0.453 e. The van der Waals surface area contributed by atoms with Crippen molar-refractivity contribution in [2.75, 3.05) is 0 Å². The van der Waals surface area contributed by atoms with E-state index < -0.39 is 0 Å². The van der Waals surface area contributed by atoms with Gasteiger partial charge in [-0.3, -0.25) is 0 Å². The van der Waals surface area contributed by atoms with Crippen LogP contribution in [0.1, 0.15) is 0 Å². The number of benzene rings is 7. The lowest BCUT2D eigenvalue weighted by Gasteiger charge is -2.10. The van der Waals surface area contributed by atoms with Crippen LogP contribution in [0.2, 0.25) is 0 Å². The molecule has 10 rings (SSSR count). The fraction of sp³-hybridized carbons (Fsp3) is 0. The molecular formula is C45H28N4O. The van der Waals surface area contributed by atoms with Crippen LogP contribution in [-0.4, -0.2) is 19.5 Å². The number of rotatable bonds is 5. The Kier molecular flexibility index (Phi) is 6.42. The minimum absolute atomic E-state index is 0.559. The Morgan fingerprint density at radius 2 is 0.940 bits per heavy atom. The smallest absolute Gasteiger partial charge is 0.167 e. The first-order chi connectivity index (χ1) is 24.8. The van der Waals surface area contributed by atoms with Gasteiger partial charge in [0.1, 0.15) is 5.58 Å². The maximum atomic E-state index is 6.99. The summed E-state index contributed by atoms with van der Waals surface area (Å²) < 4.78 is 9.30. The van der Waals surface area contributed by atoms with E-state index in [2.05, 4.69) is 126 Å². The van der Waals surface area contributed by atoms with Gasteiger partial charge in [0.25, 0.3) is 0 Å². The van der Waals surface area contributed by atoms with Crippen molar-refractivity contribution in [1.29, 1.82) is 0 Å². The highest BCUT2D eigenvalue weighted by Crippen LogP contribution is 2.42. The monoisotopic (exact) mass is 640 g/mol. The first-order valence-corrected chi connectivity index (χ1v) is 16.7. The topological polar surface area (TPSA) is 56.7 Å². The van der Waals surface area contributed by atoms with E-state index in [4.69, 9.17) is 19.4 Å². The number of nitrogens with zero attached hydrogens (tertiary/aromatic N) is 4. The summed E-state index contributed by atoms with van der Waals surface area (Å²) in [6, 6.07) is 58.5. The standard InChI is InChI=1S/C45H28N4O/c1-4-14-29(15-5-1)31-18-12-19-32(28-31)44-46-43(30-16-6-2-7-17-30)47-45(48-44)38-24-13-23-36-37-27-26-35-34-22-10-11-25-39(34)49(33-20-8-3-9-21-33)40(35)42(37)50-41(36)38/h1-28H. The molecule has 0 spiro atoms. The van der Waals surface area contributed by atoms with Crippen molar-refractivity contribution in [1.82, 2.24) is 19.5 Å². The minimum atomic E-state index is 0.559. The highest BCUT2D eigenvalue weighted by Gasteiger charge is 2.22. The summed E-state index contributed by atoms with van der Waals surface area (Å²) in [5.41, 5.74) is 9.72. The van der Waals surface area contributed by atoms with Gasteiger partial charge < -0.3 is 8.98 Å². The molecule has 0 saturated carbocycles. The summed E-state index contributed by atoms with van der Waals surface area (Å²) in [4.78, 5) is 15.2. The quantitative estimate of drug-likeness (QED) is 0.188. The summed E-state index contributed by atoms with van der Waals surface area (Å²) in [7, 11) is 0. The zero-order chi connectivity index (χ0) is 33.0. The van der Waals surface area contributed by atoms with Gasteiger partial charge in [-0.2, -0.15) is 0 Å². The van der Waals surface area contributed by atoms with Gasteiger partial charge >= 0.3 is 0 Å². The van der Waals surface area contributed by atoms with Crippen LogP contribution in [0.5, 0.6) is 0 Å². The zero-order valence-corrected chi connectivity index (χ0v) is 26.9. The lowest BCUT2D eigenvalue weighted by atomic mass is 10.0. The SMILES string of the molecule is c1ccc(-c2cccc(-c3nc(-c4ccccc4)nc(-c4cccc5c4oc4c5ccc5c6ccccc6n(-c6ccccc6)c54)n3)c2)cc1. The van der Waals surface area contributed by atoms with E-state index in [9.17, 15) is 0 Å². The molecule has 0 aliphatic heterocycles. The Hall–Kier alpha value is -6.85. The number of para-hydroxylation sites is 3. The number of fused-ring (bicyclic) bond motifs is 7. The van der Waals surface area contributed by atoms with Crippen molar-refractivity contribution in [3.63, 3.8) is 0 Å². The fourth-order valence-corrected chi connectivity index (χ4v) is 7.14. The summed E-state index contributed by atoms with van der Waals surface area (Å²) in [5, 5.41) is 4.38. The molecule has 0 aliphatic rings. The van der Waals surface area contributed by atoms with E-state index in [0.717, 1.165) is 71.9 Å². The van der Waals surface area contributed by atoms with E-state index in [-0.39, 0.29) is 0 Å². The Morgan fingerprint density at radius 1 is 0.380 bits per heavy atom. The molecule has 3 heterocycles. The molecule has 0 saturated heterocycles. The van der Waals surface area contributed by atoms with Crippen LogP contribution in [0.4, 0.5) is 0 Å². The maximum absolute atomic E-state index is 6.99. The molecule has 0 bridgehead atoms. The van der Waals surface area contributed by atoms with Gasteiger partial charge in [0.2, 0.25) is 0 Å². The highest BCUT2D eigenvalue weighted by molar-refractivity contribution is 6.22. The van der Waals surface area contributed by atoms with Crippen molar-refractivity contribution >= 4 is 43.7 Å². The van der Waals surface area contributed by atoms with E-state index in [1.165, 1.54) is 5.39 Å². The van der Waals surface area contributed by atoms with Crippen molar-refractivity contribution in [2.45, 2.75) is 0 Å². The van der Waals surface area contributed by atoms with Gasteiger partial charge in [0.15, 0.2) is 23.1 Å². The van der Waals surface area contributed by atoms with Crippen molar-refractivity contribution in [2.24, 2.45) is 0 Å². The molecule has 0 fully saturated rings. The van der Waals surface area contributed by atoms with Gasteiger partial charge in [-0.15, -0.1) is 0 Å². The summed E-state index contributed by atoms with van der Waals surface area (Å²) in [6.45, 7) is 0. The van der Waals surface area contributed by atoms with Gasteiger partial charge in [-0.25, -0.2) is 15.0 Å². The number of hydrogen-bond acceptors (Lipinski definition) is 4. The van der Waals surface area contributed by atoms with Gasteiger partial charge in [-0.1, -0.05) is 133 Å². The first-order valence-electron chi connectivity index (χ1n) is 16.7. The van der Waals surface area contributed by atoms with Crippen LogP contribution in [-0.2, 0) is 0 Å². The van der Waals surface area contributed by atoms with Gasteiger partial charge in [0.05, 0.1) is 16.6 Å². The molecule has 0 N–H and O–H groups in total. The Labute approximate surface area is 287 Å². The largest absolute Gasteiger partial charge is 0.453 e. The van der Waals surface area contributed by atoms with Gasteiger partial charge in [0, 0.05) is 38.4 Å². The molecule has 10 aromatic rings. The lowest BCUT2D eigenvalue weighted by Crippen LogP contribution is -2.00. The highest BCUT2D eigenvalue weighted by atomic mass is 16.3. The van der Waals surface area contributed by atoms with E-state index in [1.807, 2.05) is 48.5 Å². The van der Waals surface area contributed by atoms with E-state index in [1.54, 1.807) is 0 Å². The van der Waals surface area contributed by atoms with Crippen molar-refractivity contribution in [3.8, 4) is 51.0 Å². The average Bonchev–Trinajstić information content (AvgIpc) is 3.75. The number of hydrogen-bond donors (Lipinski definition) is 0. The van der Waals surface area contributed by atoms with Crippen LogP contribution in [0.15, 0.2) is 174 Å². The van der Waals surface area contributed by atoms with Crippen molar-refractivity contribution in [3.05, 3.63) is 170 Å². The fourth-order valence-electron chi connectivity index (χ4n) is 7.14. The summed E-state index contributed by atoms with van der Waals surface area (Å²) in [5.74, 6) is 1.77. The van der Waals surface area contributed by atoms with Crippen LogP contribution >= 0.6 is 0 Å². The maximum Gasteiger partial charge on any atom is 0.167 e. The molecule has 234 valence electrons. The van der Waals surface area contributed by atoms with Crippen LogP contribution in [0.3, 0.4) is 0 Å². The van der Waals surface area contributed by atoms with E-state index >= 15 is 0 Å². The van der Waals surface area contributed by atoms with Crippen LogP contribution in [0, 0.1) is 0 Å². The van der Waals surface area contributed by atoms with Gasteiger partial charge in [-0.05, 0) is 47.5 Å². The number of furan rings is 1. The second-order valence-electron chi connectivity index (χ2n) is 12.4. The normalized spacial score (nSPS) is 11.6. The Bertz CT molecular complexity index is 2860. The molecule has 0 unspecified atom stereocenters. The second-order valence-corrected chi connectivity index (χ2v) is 12.4. The molecule has 0 radical (unpaired) electrons. The van der Waals surface area contributed by atoms with Crippen LogP contribution in [0.25, 0.3) is 94.7 Å². The third-order valence-electron chi connectivity index (χ3n) is 9.45. The molecule has 0 aliphatic carbocycles. The zero-order valence-electron chi connectivity index (χ0n) is 26.9. The average molecular weight is 641 g/mol. The first kappa shape index (κ1) is 28.2. The summed E-state index contributed by atoms with van der Waals surface area (Å²) in [6.07, 6.45) is 0. The van der Waals surface area contributed by atoms with Crippen molar-refractivity contribution < 1.29 is 4.42 Å². The Balaban J connectivity index is 1.23. The molecule has 3 aromatic heterocycles. The molecule has 50 heavy (non-hydrogen) atoms. The Morgan fingerprint density at radius 3 is 1.74 bits per heavy atom. The second kappa shape index (κ2) is 11.4. The molecular weight excluding hydrogens is 613 g/mol. The third kappa shape index (κ3) is 4.52. The summed E-state index contributed by atoms with van der Waals surface area (Å²) >= 11 is 0. The third-order valence-corrected chi connectivity index (χ3v) is 9.45. The van der Waals surface area contributed by atoms with Crippen LogP contribution < -0.4 is 0 Å². The molecule has 5 heteroatoms. The molecule has 7 aromatic carbocycles. The van der Waals surface area contributed by atoms with E-state index in [0.29, 0.717) is 17.5 Å².